The van der Waals surface area contributed by atoms with E-state index in [1.165, 1.54) is 7.11 Å². The van der Waals surface area contributed by atoms with Gasteiger partial charge in [-0.25, -0.2) is 4.79 Å². The molecule has 0 aromatic heterocycles. The summed E-state index contributed by atoms with van der Waals surface area (Å²) in [6.45, 7) is 3.70. The molecular formula is C13H14O3. The van der Waals surface area contributed by atoms with Crippen molar-refractivity contribution in [1.29, 1.82) is 0 Å². The molecule has 1 aliphatic rings. The first kappa shape index (κ1) is 10.7. The first-order valence-electron chi connectivity index (χ1n) is 5.25. The Morgan fingerprint density at radius 1 is 1.44 bits per heavy atom. The number of rotatable bonds is 4. The molecule has 0 unspecified atom stereocenters. The van der Waals surface area contributed by atoms with Crippen LogP contribution in [0, 0.1) is 0 Å². The van der Waals surface area contributed by atoms with Crippen molar-refractivity contribution in [2.75, 3.05) is 7.11 Å². The highest BCUT2D eigenvalue weighted by Gasteiger charge is 2.23. The lowest BCUT2D eigenvalue weighted by molar-refractivity contribution is -0.133. The average Bonchev–Trinajstić information content (AvgIpc) is 3.11. The van der Waals surface area contributed by atoms with E-state index in [1.54, 1.807) is 0 Å². The molecule has 16 heavy (non-hydrogen) atoms. The first-order valence-corrected chi connectivity index (χ1v) is 5.25. The molecule has 1 fully saturated rings. The molecule has 0 atom stereocenters. The minimum Gasteiger partial charge on any atom is -0.490 e. The Labute approximate surface area is 94.7 Å². The van der Waals surface area contributed by atoms with Gasteiger partial charge in [0.15, 0.2) is 0 Å². The third kappa shape index (κ3) is 2.42. The van der Waals surface area contributed by atoms with Crippen LogP contribution in [-0.2, 0) is 9.53 Å². The van der Waals surface area contributed by atoms with Crippen LogP contribution in [-0.4, -0.2) is 19.2 Å². The third-order valence-corrected chi connectivity index (χ3v) is 2.44. The van der Waals surface area contributed by atoms with Crippen LogP contribution in [0.15, 0.2) is 30.8 Å². The van der Waals surface area contributed by atoms with Crippen molar-refractivity contribution >= 4 is 11.5 Å². The van der Waals surface area contributed by atoms with E-state index in [2.05, 4.69) is 11.3 Å². The second-order valence-electron chi connectivity index (χ2n) is 3.82. The minimum absolute atomic E-state index is 0.349. The largest absolute Gasteiger partial charge is 0.490 e. The Hall–Kier alpha value is -1.77. The molecule has 1 aliphatic carbocycles. The zero-order chi connectivity index (χ0) is 11.5. The molecule has 0 amide bonds. The van der Waals surface area contributed by atoms with Crippen LogP contribution in [0.5, 0.6) is 5.75 Å². The summed E-state index contributed by atoms with van der Waals surface area (Å²) >= 11 is 0. The normalized spacial score (nSPS) is 14.3. The number of esters is 1. The number of hydrogen-bond donors (Lipinski definition) is 0. The monoisotopic (exact) mass is 218 g/mol. The molecule has 1 saturated carbocycles. The molecule has 0 spiro atoms. The van der Waals surface area contributed by atoms with Crippen molar-refractivity contribution in [2.24, 2.45) is 0 Å². The number of carbonyl (C=O) groups excluding carboxylic acids is 1. The van der Waals surface area contributed by atoms with Crippen molar-refractivity contribution < 1.29 is 14.3 Å². The van der Waals surface area contributed by atoms with Crippen LogP contribution in [0.4, 0.5) is 0 Å². The van der Waals surface area contributed by atoms with Gasteiger partial charge >= 0.3 is 5.97 Å². The van der Waals surface area contributed by atoms with Crippen LogP contribution in [0.25, 0.3) is 5.57 Å². The van der Waals surface area contributed by atoms with Gasteiger partial charge in [-0.2, -0.15) is 0 Å². The van der Waals surface area contributed by atoms with E-state index in [9.17, 15) is 4.79 Å². The van der Waals surface area contributed by atoms with Crippen molar-refractivity contribution in [3.05, 3.63) is 36.4 Å². The summed E-state index contributed by atoms with van der Waals surface area (Å²) in [4.78, 5) is 11.3. The molecule has 0 heterocycles. The number of ether oxygens (including phenoxy) is 2. The molecule has 1 aromatic rings. The molecule has 84 valence electrons. The van der Waals surface area contributed by atoms with Gasteiger partial charge in [0.2, 0.25) is 0 Å². The van der Waals surface area contributed by atoms with Gasteiger partial charge in [-0.15, -0.1) is 0 Å². The Balaban J connectivity index is 2.14. The number of hydrogen-bond acceptors (Lipinski definition) is 3. The van der Waals surface area contributed by atoms with Crippen LogP contribution in [0.1, 0.15) is 18.4 Å². The molecule has 1 aromatic carbocycles. The fourth-order valence-corrected chi connectivity index (χ4v) is 1.38. The van der Waals surface area contributed by atoms with Crippen molar-refractivity contribution in [1.82, 2.24) is 0 Å². The van der Waals surface area contributed by atoms with Crippen LogP contribution < -0.4 is 4.74 Å². The smallest absolute Gasteiger partial charge is 0.337 e. The summed E-state index contributed by atoms with van der Waals surface area (Å²) in [5.74, 6) is 0.369. The van der Waals surface area contributed by atoms with Crippen LogP contribution >= 0.6 is 0 Å². The molecule has 0 radical (unpaired) electrons. The predicted octanol–water partition coefficient (Wildman–Crippen LogP) is 2.41. The molecule has 3 heteroatoms. The van der Waals surface area contributed by atoms with Crippen molar-refractivity contribution in [3.8, 4) is 5.75 Å². The van der Waals surface area contributed by atoms with Gasteiger partial charge in [-0.3, -0.25) is 0 Å². The molecule has 0 bridgehead atoms. The molecule has 0 aliphatic heterocycles. The minimum atomic E-state index is -0.413. The van der Waals surface area contributed by atoms with Gasteiger partial charge in [0.25, 0.3) is 0 Å². The summed E-state index contributed by atoms with van der Waals surface area (Å²) in [7, 11) is 1.35. The molecule has 3 nitrogen and oxygen atoms in total. The molecule has 2 rings (SSSR count). The maximum atomic E-state index is 11.3. The fourth-order valence-electron chi connectivity index (χ4n) is 1.38. The van der Waals surface area contributed by atoms with E-state index in [0.717, 1.165) is 24.2 Å². The Morgan fingerprint density at radius 2 is 2.19 bits per heavy atom. The standard InChI is InChI=1S/C13H14O3/c1-9(13(14)15-2)10-4-3-5-12(8-10)16-11-6-7-11/h3-5,8,11H,1,6-7H2,2H3. The SMILES string of the molecule is C=C(C(=O)OC)c1cccc(OC2CC2)c1. The quantitative estimate of drug-likeness (QED) is 0.575. The molecular weight excluding hydrogens is 204 g/mol. The summed E-state index contributed by atoms with van der Waals surface area (Å²) < 4.78 is 10.3. The molecule has 0 N–H and O–H groups in total. The van der Waals surface area contributed by atoms with E-state index >= 15 is 0 Å². The second-order valence-corrected chi connectivity index (χ2v) is 3.82. The first-order chi connectivity index (χ1) is 7.70. The van der Waals surface area contributed by atoms with Gasteiger partial charge in [-0.05, 0) is 30.5 Å². The summed E-state index contributed by atoms with van der Waals surface area (Å²) in [5, 5.41) is 0. The summed E-state index contributed by atoms with van der Waals surface area (Å²) in [6, 6.07) is 7.37. The number of methoxy groups -OCH3 is 1. The van der Waals surface area contributed by atoms with E-state index in [0.29, 0.717) is 11.7 Å². The highest BCUT2D eigenvalue weighted by Crippen LogP contribution is 2.28. The Kier molecular flexibility index (Phi) is 2.95. The van der Waals surface area contributed by atoms with Gasteiger partial charge in [0.05, 0.1) is 18.8 Å². The fraction of sp³-hybridized carbons (Fsp3) is 0.308. The zero-order valence-electron chi connectivity index (χ0n) is 9.23. The van der Waals surface area contributed by atoms with Crippen molar-refractivity contribution in [2.45, 2.75) is 18.9 Å². The van der Waals surface area contributed by atoms with Crippen molar-refractivity contribution in [3.63, 3.8) is 0 Å². The Morgan fingerprint density at radius 3 is 2.81 bits per heavy atom. The van der Waals surface area contributed by atoms with E-state index in [-0.39, 0.29) is 0 Å². The topological polar surface area (TPSA) is 35.5 Å². The highest BCUT2D eigenvalue weighted by atomic mass is 16.5. The number of benzene rings is 1. The van der Waals surface area contributed by atoms with Gasteiger partial charge in [0.1, 0.15) is 5.75 Å². The summed E-state index contributed by atoms with van der Waals surface area (Å²) in [5.41, 5.74) is 1.09. The van der Waals surface area contributed by atoms with Gasteiger partial charge in [0, 0.05) is 0 Å². The summed E-state index contributed by atoms with van der Waals surface area (Å²) in [6.07, 6.45) is 2.58. The van der Waals surface area contributed by atoms with Crippen LogP contribution in [0.2, 0.25) is 0 Å². The maximum Gasteiger partial charge on any atom is 0.337 e. The second kappa shape index (κ2) is 4.39. The van der Waals surface area contributed by atoms with E-state index in [4.69, 9.17) is 4.74 Å². The number of carbonyl (C=O) groups is 1. The average molecular weight is 218 g/mol. The van der Waals surface area contributed by atoms with E-state index < -0.39 is 5.97 Å². The molecule has 0 saturated heterocycles. The predicted molar refractivity (Wildman–Crippen MR) is 61.1 cm³/mol. The third-order valence-electron chi connectivity index (χ3n) is 2.44. The van der Waals surface area contributed by atoms with Gasteiger partial charge in [-0.1, -0.05) is 18.7 Å². The van der Waals surface area contributed by atoms with Gasteiger partial charge < -0.3 is 9.47 Å². The lowest BCUT2D eigenvalue weighted by atomic mass is 10.1. The highest BCUT2D eigenvalue weighted by molar-refractivity contribution is 6.15. The van der Waals surface area contributed by atoms with E-state index in [1.807, 2.05) is 24.3 Å². The zero-order valence-corrected chi connectivity index (χ0v) is 9.23. The lowest BCUT2D eigenvalue weighted by Crippen LogP contribution is -2.03. The van der Waals surface area contributed by atoms with Crippen LogP contribution in [0.3, 0.4) is 0 Å². The maximum absolute atomic E-state index is 11.3. The lowest BCUT2D eigenvalue weighted by Gasteiger charge is -2.07. The Bertz CT molecular complexity index is 419.